The van der Waals surface area contributed by atoms with Crippen LogP contribution >= 0.6 is 11.8 Å². The van der Waals surface area contributed by atoms with Gasteiger partial charge >= 0.3 is 5.69 Å². The average molecular weight is 408 g/mol. The highest BCUT2D eigenvalue weighted by Crippen LogP contribution is 2.40. The fourth-order valence-electron chi connectivity index (χ4n) is 3.06. The van der Waals surface area contributed by atoms with Gasteiger partial charge in [0.2, 0.25) is 5.91 Å². The van der Waals surface area contributed by atoms with Crippen LogP contribution in [-0.2, 0) is 4.79 Å². The Balaban J connectivity index is 1.63. The molecule has 148 valence electrons. The second-order valence-electron chi connectivity index (χ2n) is 6.95. The number of nitrogens with one attached hydrogen (secondary N) is 2. The molecule has 1 fully saturated rings. The zero-order valence-electron chi connectivity index (χ0n) is 15.8. The van der Waals surface area contributed by atoms with Crippen LogP contribution in [0.25, 0.3) is 0 Å². The highest BCUT2D eigenvalue weighted by Gasteiger charge is 2.31. The normalized spacial score (nSPS) is 14.4. The first-order valence-electron chi connectivity index (χ1n) is 9.33. The van der Waals surface area contributed by atoms with E-state index in [-0.39, 0.29) is 23.4 Å². The maximum absolute atomic E-state index is 13.2. The van der Waals surface area contributed by atoms with Crippen molar-refractivity contribution in [3.05, 3.63) is 76.2 Å². The van der Waals surface area contributed by atoms with Gasteiger partial charge in [-0.3, -0.25) is 14.2 Å². The van der Waals surface area contributed by atoms with E-state index in [4.69, 9.17) is 0 Å². The van der Waals surface area contributed by atoms with E-state index in [1.165, 1.54) is 18.7 Å². The standard InChI is InChI=1S/C21H20N4O3S/c1-13(26)15-8-5-9-16(12-15)22-19(27)18(14-6-3-2-4-7-14)29-21-24-23-20(28)25(21)17-10-11-17/h2-9,12,17-18H,10-11H2,1H3,(H,22,27)(H,23,28)/t18-/m0/s1. The van der Waals surface area contributed by atoms with E-state index in [2.05, 4.69) is 15.5 Å². The van der Waals surface area contributed by atoms with Crippen LogP contribution < -0.4 is 11.0 Å². The third-order valence-electron chi connectivity index (χ3n) is 4.68. The molecule has 1 heterocycles. The molecule has 0 radical (unpaired) electrons. The summed E-state index contributed by atoms with van der Waals surface area (Å²) in [4.78, 5) is 36.9. The van der Waals surface area contributed by atoms with Gasteiger partial charge in [0.15, 0.2) is 10.9 Å². The summed E-state index contributed by atoms with van der Waals surface area (Å²) in [6.07, 6.45) is 1.88. The Labute approximate surface area is 171 Å². The van der Waals surface area contributed by atoms with Crippen molar-refractivity contribution < 1.29 is 9.59 Å². The van der Waals surface area contributed by atoms with Crippen molar-refractivity contribution >= 4 is 29.1 Å². The number of carbonyl (C=O) groups is 2. The first-order chi connectivity index (χ1) is 14.0. The van der Waals surface area contributed by atoms with Gasteiger partial charge in [-0.2, -0.15) is 0 Å². The maximum Gasteiger partial charge on any atom is 0.344 e. The third kappa shape index (κ3) is 4.32. The van der Waals surface area contributed by atoms with Crippen molar-refractivity contribution in [3.63, 3.8) is 0 Å². The lowest BCUT2D eigenvalue weighted by atomic mass is 10.1. The van der Waals surface area contributed by atoms with E-state index >= 15 is 0 Å². The molecular formula is C21H20N4O3S. The summed E-state index contributed by atoms with van der Waals surface area (Å²) in [6.45, 7) is 1.48. The molecule has 1 atom stereocenters. The van der Waals surface area contributed by atoms with E-state index in [1.54, 1.807) is 28.8 Å². The second-order valence-corrected chi connectivity index (χ2v) is 8.02. The minimum absolute atomic E-state index is 0.0694. The van der Waals surface area contributed by atoms with Crippen LogP contribution in [0.1, 0.15) is 47.0 Å². The highest BCUT2D eigenvalue weighted by atomic mass is 32.2. The number of Topliss-reactive ketones (excluding diaryl/α,β-unsaturated/α-hetero) is 1. The fourth-order valence-corrected chi connectivity index (χ4v) is 4.17. The summed E-state index contributed by atoms with van der Waals surface area (Å²) in [7, 11) is 0. The molecule has 7 nitrogen and oxygen atoms in total. The molecule has 3 aromatic rings. The third-order valence-corrected chi connectivity index (χ3v) is 5.91. The van der Waals surface area contributed by atoms with Crippen molar-refractivity contribution in [1.82, 2.24) is 14.8 Å². The number of carbonyl (C=O) groups excluding carboxylic acids is 2. The van der Waals surface area contributed by atoms with E-state index in [0.717, 1.165) is 18.4 Å². The van der Waals surface area contributed by atoms with Crippen LogP contribution in [0.5, 0.6) is 0 Å². The Morgan fingerprint density at radius 1 is 1.17 bits per heavy atom. The second kappa shape index (κ2) is 8.08. The number of nitrogens with zero attached hydrogens (tertiary/aromatic N) is 2. The Morgan fingerprint density at radius 3 is 2.62 bits per heavy atom. The summed E-state index contributed by atoms with van der Waals surface area (Å²) in [5.41, 5.74) is 1.62. The topological polar surface area (TPSA) is 96.8 Å². The first kappa shape index (κ1) is 19.2. The SMILES string of the molecule is CC(=O)c1cccc(NC(=O)[C@@H](Sc2n[nH]c(=O)n2C2CC2)c2ccccc2)c1. The molecule has 1 aliphatic rings. The molecule has 0 aliphatic heterocycles. The number of amides is 1. The molecule has 1 amide bonds. The van der Waals surface area contributed by atoms with E-state index in [9.17, 15) is 14.4 Å². The number of hydrogen-bond acceptors (Lipinski definition) is 5. The van der Waals surface area contributed by atoms with E-state index < -0.39 is 5.25 Å². The molecule has 0 unspecified atom stereocenters. The lowest BCUT2D eigenvalue weighted by Crippen LogP contribution is -2.21. The predicted molar refractivity (Wildman–Crippen MR) is 111 cm³/mol. The summed E-state index contributed by atoms with van der Waals surface area (Å²) in [6, 6.07) is 16.3. The molecule has 2 N–H and O–H groups in total. The Kier molecular flexibility index (Phi) is 5.35. The Morgan fingerprint density at radius 2 is 1.93 bits per heavy atom. The van der Waals surface area contributed by atoms with Crippen LogP contribution in [-0.4, -0.2) is 26.5 Å². The molecule has 1 aromatic heterocycles. The number of anilines is 1. The number of H-pyrrole nitrogens is 1. The zero-order valence-corrected chi connectivity index (χ0v) is 16.6. The molecule has 0 spiro atoms. The monoisotopic (exact) mass is 408 g/mol. The fraction of sp³-hybridized carbons (Fsp3) is 0.238. The maximum atomic E-state index is 13.2. The van der Waals surface area contributed by atoms with Crippen LogP contribution in [0.15, 0.2) is 64.5 Å². The van der Waals surface area contributed by atoms with Crippen LogP contribution in [0, 0.1) is 0 Å². The van der Waals surface area contributed by atoms with Gasteiger partial charge < -0.3 is 5.32 Å². The Bertz CT molecular complexity index is 1100. The first-order valence-corrected chi connectivity index (χ1v) is 10.2. The number of aromatic amines is 1. The van der Waals surface area contributed by atoms with Crippen LogP contribution in [0.3, 0.4) is 0 Å². The van der Waals surface area contributed by atoms with Gasteiger partial charge in [-0.05, 0) is 37.5 Å². The van der Waals surface area contributed by atoms with E-state index in [1.807, 2.05) is 30.3 Å². The minimum atomic E-state index is -0.607. The van der Waals surface area contributed by atoms with Crippen molar-refractivity contribution in [1.29, 1.82) is 0 Å². The van der Waals surface area contributed by atoms with Gasteiger partial charge in [-0.15, -0.1) is 5.10 Å². The summed E-state index contributed by atoms with van der Waals surface area (Å²) >= 11 is 1.24. The molecule has 1 aliphatic carbocycles. The minimum Gasteiger partial charge on any atom is -0.325 e. The average Bonchev–Trinajstić information content (AvgIpc) is 3.49. The molecule has 0 bridgehead atoms. The lowest BCUT2D eigenvalue weighted by molar-refractivity contribution is -0.115. The molecule has 8 heteroatoms. The van der Waals surface area contributed by atoms with Crippen LogP contribution in [0.2, 0.25) is 0 Å². The summed E-state index contributed by atoms with van der Waals surface area (Å²) in [5, 5.41) is 9.41. The largest absolute Gasteiger partial charge is 0.344 e. The molecular weight excluding hydrogens is 388 g/mol. The quantitative estimate of drug-likeness (QED) is 0.460. The predicted octanol–water partition coefficient (Wildman–Crippen LogP) is 3.58. The number of rotatable bonds is 7. The number of aromatic nitrogens is 3. The number of benzene rings is 2. The van der Waals surface area contributed by atoms with Crippen molar-refractivity contribution in [2.45, 2.75) is 36.2 Å². The highest BCUT2D eigenvalue weighted by molar-refractivity contribution is 8.00. The smallest absolute Gasteiger partial charge is 0.325 e. The van der Waals surface area contributed by atoms with Crippen molar-refractivity contribution in [2.24, 2.45) is 0 Å². The van der Waals surface area contributed by atoms with Gasteiger partial charge in [0, 0.05) is 17.3 Å². The van der Waals surface area contributed by atoms with E-state index in [0.29, 0.717) is 16.4 Å². The van der Waals surface area contributed by atoms with Gasteiger partial charge in [-0.25, -0.2) is 9.89 Å². The molecule has 0 saturated heterocycles. The number of ketones is 1. The molecule has 4 rings (SSSR count). The zero-order chi connectivity index (χ0) is 20.4. The summed E-state index contributed by atoms with van der Waals surface area (Å²) in [5.74, 6) is -0.320. The van der Waals surface area contributed by atoms with Crippen molar-refractivity contribution in [2.75, 3.05) is 5.32 Å². The van der Waals surface area contributed by atoms with Gasteiger partial charge in [0.25, 0.3) is 0 Å². The van der Waals surface area contributed by atoms with Gasteiger partial charge in [-0.1, -0.05) is 54.2 Å². The van der Waals surface area contributed by atoms with Gasteiger partial charge in [0.05, 0.1) is 0 Å². The van der Waals surface area contributed by atoms with Crippen molar-refractivity contribution in [3.8, 4) is 0 Å². The Hall–Kier alpha value is -3.13. The molecule has 2 aromatic carbocycles. The number of thioether (sulfide) groups is 1. The molecule has 1 saturated carbocycles. The molecule has 29 heavy (non-hydrogen) atoms. The number of hydrogen-bond donors (Lipinski definition) is 2. The van der Waals surface area contributed by atoms with Gasteiger partial charge in [0.1, 0.15) is 5.25 Å². The lowest BCUT2D eigenvalue weighted by Gasteiger charge is -2.17. The van der Waals surface area contributed by atoms with Crippen LogP contribution in [0.4, 0.5) is 5.69 Å². The summed E-state index contributed by atoms with van der Waals surface area (Å²) < 4.78 is 1.63.